The lowest BCUT2D eigenvalue weighted by Crippen LogP contribution is -2.29. The molecule has 0 bridgehead atoms. The highest BCUT2D eigenvalue weighted by Gasteiger charge is 2.25. The number of carbonyl (C=O) groups is 2. The summed E-state index contributed by atoms with van der Waals surface area (Å²) in [6.07, 6.45) is 36.9. The number of aliphatic hydroxyl groups is 1. The summed E-state index contributed by atoms with van der Waals surface area (Å²) in [5, 5.41) is 9.99. The van der Waals surface area contributed by atoms with Crippen LogP contribution in [0.25, 0.3) is 0 Å². The summed E-state index contributed by atoms with van der Waals surface area (Å²) in [5.41, 5.74) is 5.32. The molecule has 0 rings (SSSR count). The number of aliphatic hydroxyl groups excluding tert-OH is 1. The largest absolute Gasteiger partial charge is 0.472 e. The van der Waals surface area contributed by atoms with Crippen molar-refractivity contribution >= 4 is 19.8 Å². The first-order valence-corrected chi connectivity index (χ1v) is 20.0. The van der Waals surface area contributed by atoms with E-state index in [2.05, 4.69) is 38.2 Å². The van der Waals surface area contributed by atoms with Crippen molar-refractivity contribution in [2.45, 2.75) is 135 Å². The first-order valence-electron chi connectivity index (χ1n) is 18.5. The maximum Gasteiger partial charge on any atom is 0.472 e. The van der Waals surface area contributed by atoms with Gasteiger partial charge in [-0.05, 0) is 64.2 Å². The number of esters is 2. The third-order valence-electron chi connectivity index (χ3n) is 7.16. The van der Waals surface area contributed by atoms with E-state index in [0.717, 1.165) is 51.4 Å². The molecule has 10 nitrogen and oxygen atoms in total. The summed E-state index contributed by atoms with van der Waals surface area (Å²) in [7, 11) is -4.41. The maximum absolute atomic E-state index is 12.5. The minimum Gasteiger partial charge on any atom is -0.462 e. The van der Waals surface area contributed by atoms with Crippen molar-refractivity contribution in [1.82, 2.24) is 0 Å². The summed E-state index contributed by atoms with van der Waals surface area (Å²) in [6.45, 7) is 3.36. The van der Waals surface area contributed by atoms with Gasteiger partial charge in [-0.1, -0.05) is 119 Å². The molecule has 0 saturated carbocycles. The second-order valence-corrected chi connectivity index (χ2v) is 13.4. The summed E-state index contributed by atoms with van der Waals surface area (Å²) < 4.78 is 32.5. The van der Waals surface area contributed by atoms with Gasteiger partial charge in [0, 0.05) is 19.4 Å². The molecule has 286 valence electrons. The van der Waals surface area contributed by atoms with E-state index in [-0.39, 0.29) is 32.6 Å². The second kappa shape index (κ2) is 34.8. The second-order valence-electron chi connectivity index (χ2n) is 11.9. The van der Waals surface area contributed by atoms with Crippen molar-refractivity contribution in [3.63, 3.8) is 0 Å². The van der Waals surface area contributed by atoms with Crippen LogP contribution in [0.15, 0.2) is 72.9 Å². The van der Waals surface area contributed by atoms with Gasteiger partial charge in [-0.25, -0.2) is 4.57 Å². The Balaban J connectivity index is 4.45. The van der Waals surface area contributed by atoms with Crippen LogP contribution in [0, 0.1) is 0 Å². The van der Waals surface area contributed by atoms with Gasteiger partial charge in [0.2, 0.25) is 0 Å². The predicted molar refractivity (Wildman–Crippen MR) is 202 cm³/mol. The lowest BCUT2D eigenvalue weighted by atomic mass is 10.1. The fraction of sp³-hybridized carbons (Fsp3) is 0.641. The van der Waals surface area contributed by atoms with Gasteiger partial charge in [-0.3, -0.25) is 18.6 Å². The number of carbonyl (C=O) groups excluding carboxylic acids is 2. The molecule has 4 N–H and O–H groups in total. The van der Waals surface area contributed by atoms with Gasteiger partial charge in [0.05, 0.1) is 19.3 Å². The number of hydrogen-bond donors (Lipinski definition) is 3. The van der Waals surface area contributed by atoms with E-state index < -0.39 is 38.6 Å². The molecule has 0 radical (unpaired) electrons. The van der Waals surface area contributed by atoms with E-state index in [9.17, 15) is 24.2 Å². The summed E-state index contributed by atoms with van der Waals surface area (Å²) in [4.78, 5) is 34.6. The van der Waals surface area contributed by atoms with Gasteiger partial charge in [0.1, 0.15) is 6.61 Å². The maximum atomic E-state index is 12.5. The fourth-order valence-corrected chi connectivity index (χ4v) is 5.14. The van der Waals surface area contributed by atoms with Crippen molar-refractivity contribution in [2.75, 3.05) is 26.4 Å². The highest BCUT2D eigenvalue weighted by Crippen LogP contribution is 2.43. The molecule has 0 aliphatic carbocycles. The van der Waals surface area contributed by atoms with Crippen molar-refractivity contribution in [3.05, 3.63) is 72.9 Å². The lowest BCUT2D eigenvalue weighted by Gasteiger charge is -2.19. The lowest BCUT2D eigenvalue weighted by molar-refractivity contribution is -0.161. The highest BCUT2D eigenvalue weighted by molar-refractivity contribution is 7.47. The number of rotatable bonds is 33. The molecule has 0 fully saturated rings. The van der Waals surface area contributed by atoms with Crippen LogP contribution in [0.5, 0.6) is 0 Å². The third kappa shape index (κ3) is 33.9. The number of ether oxygens (including phenoxy) is 2. The van der Waals surface area contributed by atoms with E-state index in [1.54, 1.807) is 6.08 Å². The summed E-state index contributed by atoms with van der Waals surface area (Å²) >= 11 is 0. The van der Waals surface area contributed by atoms with Gasteiger partial charge >= 0.3 is 19.8 Å². The molecule has 50 heavy (non-hydrogen) atoms. The molecule has 3 atom stereocenters. The first kappa shape index (κ1) is 47.4. The van der Waals surface area contributed by atoms with Crippen molar-refractivity contribution in [3.8, 4) is 0 Å². The Morgan fingerprint density at radius 3 is 2.12 bits per heavy atom. The number of unbranched alkanes of at least 4 members (excludes halogenated alkanes) is 8. The van der Waals surface area contributed by atoms with E-state index in [0.29, 0.717) is 32.1 Å². The predicted octanol–water partition coefficient (Wildman–Crippen LogP) is 8.90. The van der Waals surface area contributed by atoms with Crippen molar-refractivity contribution in [1.29, 1.82) is 0 Å². The zero-order valence-corrected chi connectivity index (χ0v) is 31.6. The zero-order chi connectivity index (χ0) is 37.0. The van der Waals surface area contributed by atoms with E-state index in [1.165, 1.54) is 12.8 Å². The van der Waals surface area contributed by atoms with Crippen LogP contribution < -0.4 is 5.73 Å². The highest BCUT2D eigenvalue weighted by atomic mass is 31.2. The standard InChI is InChI=1S/C39H66NO9P/c1-3-5-7-9-11-12-13-14-18-22-26-30-38(42)46-34-37(35-48-50(44,45)47-33-32-40)49-39(43)31-27-23-19-16-15-17-21-25-29-36(41)28-24-20-10-8-6-4-2/h6,8-9,11,16-17,19-21,24-25,29,36-37,41H,3-5,7,10,12-15,18,22-23,26-28,30-35,40H2,1-2H3,(H,44,45)/b8-6-,11-9-,19-16-,21-17-,24-20-,29-25+/t36?,37-/m1/s1. The molecule has 0 aliphatic rings. The Morgan fingerprint density at radius 2 is 1.36 bits per heavy atom. The minimum atomic E-state index is -4.41. The number of nitrogens with two attached hydrogens (primary N) is 1. The van der Waals surface area contributed by atoms with Crippen LogP contribution >= 0.6 is 7.82 Å². The first-order chi connectivity index (χ1) is 24.2. The Morgan fingerprint density at radius 1 is 0.720 bits per heavy atom. The quantitative estimate of drug-likeness (QED) is 0.0197. The van der Waals surface area contributed by atoms with Gasteiger partial charge < -0.3 is 25.2 Å². The van der Waals surface area contributed by atoms with Gasteiger partial charge in [-0.15, -0.1) is 0 Å². The van der Waals surface area contributed by atoms with Crippen LogP contribution in [0.2, 0.25) is 0 Å². The SMILES string of the molecule is CC/C=C\C/C=C\CC(O)/C=C/C=C\C/C=C\CCCC(=O)O[C@H](COC(=O)CCCCCCC/C=C\CCCC)COP(=O)(O)OCCN. The average molecular weight is 724 g/mol. The van der Waals surface area contributed by atoms with Gasteiger partial charge in [-0.2, -0.15) is 0 Å². The van der Waals surface area contributed by atoms with Crippen LogP contribution in [0.4, 0.5) is 0 Å². The number of phosphoric ester groups is 1. The van der Waals surface area contributed by atoms with Gasteiger partial charge in [0.25, 0.3) is 0 Å². The summed E-state index contributed by atoms with van der Waals surface area (Å²) in [5.74, 6) is -0.958. The van der Waals surface area contributed by atoms with Crippen LogP contribution in [-0.4, -0.2) is 60.5 Å². The molecule has 0 aromatic carbocycles. The molecule has 11 heteroatoms. The Labute approximate surface area is 302 Å². The number of hydrogen-bond acceptors (Lipinski definition) is 9. The molecule has 0 aromatic heterocycles. The molecular formula is C39H66NO9P. The van der Waals surface area contributed by atoms with Crippen molar-refractivity contribution < 1.29 is 42.7 Å². The monoisotopic (exact) mass is 723 g/mol. The molecule has 0 heterocycles. The molecular weight excluding hydrogens is 657 g/mol. The molecule has 0 saturated heterocycles. The Hall–Kier alpha value is -2.59. The molecule has 2 unspecified atom stereocenters. The van der Waals surface area contributed by atoms with Crippen LogP contribution in [-0.2, 0) is 32.7 Å². The molecule has 0 spiro atoms. The molecule has 0 aliphatic heterocycles. The van der Waals surface area contributed by atoms with Crippen LogP contribution in [0.1, 0.15) is 123 Å². The van der Waals surface area contributed by atoms with Crippen LogP contribution in [0.3, 0.4) is 0 Å². The van der Waals surface area contributed by atoms with Gasteiger partial charge in [0.15, 0.2) is 6.10 Å². The Kier molecular flexibility index (Phi) is 33.0. The molecule has 0 aromatic rings. The number of allylic oxidation sites excluding steroid dienone is 10. The normalized spacial score (nSPS) is 14.9. The smallest absolute Gasteiger partial charge is 0.462 e. The number of phosphoric acid groups is 1. The van der Waals surface area contributed by atoms with E-state index in [4.69, 9.17) is 24.3 Å². The summed E-state index contributed by atoms with van der Waals surface area (Å²) in [6, 6.07) is 0. The minimum absolute atomic E-state index is 0.0295. The molecule has 0 amide bonds. The zero-order valence-electron chi connectivity index (χ0n) is 30.7. The van der Waals surface area contributed by atoms with Crippen molar-refractivity contribution in [2.24, 2.45) is 5.73 Å². The van der Waals surface area contributed by atoms with E-state index >= 15 is 0 Å². The third-order valence-corrected chi connectivity index (χ3v) is 8.14. The average Bonchev–Trinajstić information content (AvgIpc) is 3.09. The topological polar surface area (TPSA) is 155 Å². The Bertz CT molecular complexity index is 1070. The van der Waals surface area contributed by atoms with E-state index in [1.807, 2.05) is 42.5 Å². The fourth-order valence-electron chi connectivity index (χ4n) is 4.38.